The molecule has 3 aromatic carbocycles. The fraction of sp³-hybridized carbons (Fsp3) is 0.325. The molecule has 1 aliphatic rings. The van der Waals surface area contributed by atoms with E-state index in [2.05, 4.69) is 23.8 Å². The van der Waals surface area contributed by atoms with Gasteiger partial charge in [0.2, 0.25) is 11.8 Å². The van der Waals surface area contributed by atoms with Gasteiger partial charge in [-0.25, -0.2) is 9.59 Å². The van der Waals surface area contributed by atoms with E-state index in [0.29, 0.717) is 12.8 Å². The van der Waals surface area contributed by atoms with Crippen LogP contribution in [0.3, 0.4) is 0 Å². The molecule has 1 fully saturated rings. The SMILES string of the molecule is C=CC[C@@H](C[C@H](NC(=O)[C@@H]1CCCN1C(=O)[C@H](CC=C)NC(=O)OCc1ccccc1)C(=O)OCc1ccccc1)C(=O)OCc1ccccc1. The minimum atomic E-state index is -1.23. The Morgan fingerprint density at radius 1 is 0.686 bits per heavy atom. The van der Waals surface area contributed by atoms with Crippen molar-refractivity contribution in [2.75, 3.05) is 6.54 Å². The maximum Gasteiger partial charge on any atom is 0.408 e. The van der Waals surface area contributed by atoms with Crippen LogP contribution in [0.4, 0.5) is 4.79 Å². The highest BCUT2D eigenvalue weighted by atomic mass is 16.6. The van der Waals surface area contributed by atoms with E-state index in [1.807, 2.05) is 78.9 Å². The molecule has 0 radical (unpaired) electrons. The standard InChI is InChI=1S/C40H45N3O8/c1-3-15-32(38(46)49-26-29-17-8-5-9-18-29)25-34(39(47)50-27-30-19-10-6-11-20-30)41-36(44)35-23-14-24-43(35)37(45)33(16-4-2)42-40(48)51-28-31-21-12-7-13-22-31/h3-13,17-22,32-35H,1-2,14-16,23-28H2,(H,41,44)(H,42,48)/t32-,33-,34-,35-/m0/s1. The molecule has 1 aliphatic heterocycles. The number of ether oxygens (including phenoxy) is 3. The topological polar surface area (TPSA) is 140 Å². The van der Waals surface area contributed by atoms with Crippen LogP contribution in [0.5, 0.6) is 0 Å². The molecule has 4 rings (SSSR count). The number of carbonyl (C=O) groups excluding carboxylic acids is 5. The third-order valence-electron chi connectivity index (χ3n) is 8.40. The largest absolute Gasteiger partial charge is 0.461 e. The predicted octanol–water partition coefficient (Wildman–Crippen LogP) is 5.40. The third kappa shape index (κ3) is 12.0. The van der Waals surface area contributed by atoms with Gasteiger partial charge >= 0.3 is 18.0 Å². The lowest BCUT2D eigenvalue weighted by Crippen LogP contribution is -2.55. The lowest BCUT2D eigenvalue weighted by atomic mass is 9.96. The summed E-state index contributed by atoms with van der Waals surface area (Å²) in [5, 5.41) is 5.37. The van der Waals surface area contributed by atoms with Crippen molar-refractivity contribution in [1.29, 1.82) is 0 Å². The molecule has 0 bridgehead atoms. The highest BCUT2D eigenvalue weighted by Crippen LogP contribution is 2.22. The zero-order chi connectivity index (χ0) is 36.4. The molecule has 4 atom stereocenters. The first-order valence-corrected chi connectivity index (χ1v) is 17.0. The van der Waals surface area contributed by atoms with Crippen LogP contribution in [-0.4, -0.2) is 59.4 Å². The molecule has 0 aliphatic carbocycles. The van der Waals surface area contributed by atoms with Gasteiger partial charge in [-0.3, -0.25) is 14.4 Å². The number of rotatable bonds is 18. The minimum Gasteiger partial charge on any atom is -0.461 e. The number of esters is 2. The number of hydrogen-bond acceptors (Lipinski definition) is 8. The van der Waals surface area contributed by atoms with Gasteiger partial charge in [-0.2, -0.15) is 0 Å². The van der Waals surface area contributed by atoms with E-state index in [-0.39, 0.29) is 45.6 Å². The maximum absolute atomic E-state index is 13.8. The highest BCUT2D eigenvalue weighted by Gasteiger charge is 2.39. The Morgan fingerprint density at radius 2 is 1.20 bits per heavy atom. The molecule has 1 saturated heterocycles. The molecule has 3 amide bonds. The van der Waals surface area contributed by atoms with Gasteiger partial charge in [-0.05, 0) is 48.8 Å². The number of allylic oxidation sites excluding steroid dienone is 1. The lowest BCUT2D eigenvalue weighted by molar-refractivity contribution is -0.154. The van der Waals surface area contributed by atoms with Crippen molar-refractivity contribution in [3.63, 3.8) is 0 Å². The number of nitrogens with one attached hydrogen (secondary N) is 2. The average molecular weight is 696 g/mol. The van der Waals surface area contributed by atoms with Gasteiger partial charge in [0, 0.05) is 6.54 Å². The van der Waals surface area contributed by atoms with Crippen LogP contribution in [-0.2, 0) is 53.2 Å². The van der Waals surface area contributed by atoms with Crippen LogP contribution >= 0.6 is 0 Å². The Balaban J connectivity index is 1.45. The summed E-state index contributed by atoms with van der Waals surface area (Å²) < 4.78 is 16.5. The number of hydrogen-bond donors (Lipinski definition) is 2. The maximum atomic E-state index is 13.8. The Hall–Kier alpha value is -5.71. The number of carbonyl (C=O) groups is 5. The van der Waals surface area contributed by atoms with E-state index in [0.717, 1.165) is 16.7 Å². The monoisotopic (exact) mass is 695 g/mol. The van der Waals surface area contributed by atoms with Crippen molar-refractivity contribution in [2.45, 2.75) is 70.1 Å². The molecule has 11 heteroatoms. The fourth-order valence-electron chi connectivity index (χ4n) is 5.73. The van der Waals surface area contributed by atoms with E-state index in [4.69, 9.17) is 14.2 Å². The van der Waals surface area contributed by atoms with Gasteiger partial charge in [-0.15, -0.1) is 13.2 Å². The number of likely N-dealkylation sites (tertiary alicyclic amines) is 1. The van der Waals surface area contributed by atoms with Crippen molar-refractivity contribution in [3.05, 3.63) is 133 Å². The summed E-state index contributed by atoms with van der Waals surface area (Å²) in [6.45, 7) is 7.76. The van der Waals surface area contributed by atoms with Crippen molar-refractivity contribution in [1.82, 2.24) is 15.5 Å². The molecular weight excluding hydrogens is 650 g/mol. The number of benzene rings is 3. The first kappa shape index (κ1) is 38.1. The molecule has 2 N–H and O–H groups in total. The van der Waals surface area contributed by atoms with Gasteiger partial charge in [0.05, 0.1) is 5.92 Å². The molecule has 3 aromatic rings. The summed E-state index contributed by atoms with van der Waals surface area (Å²) in [6.07, 6.45) is 3.30. The third-order valence-corrected chi connectivity index (χ3v) is 8.40. The van der Waals surface area contributed by atoms with Crippen LogP contribution in [0.2, 0.25) is 0 Å². The van der Waals surface area contributed by atoms with Crippen LogP contribution in [0.25, 0.3) is 0 Å². The molecular formula is C40H45N3O8. The first-order chi connectivity index (χ1) is 24.8. The van der Waals surface area contributed by atoms with Crippen LogP contribution in [0.15, 0.2) is 116 Å². The second-order valence-electron chi connectivity index (χ2n) is 12.2. The summed E-state index contributed by atoms with van der Waals surface area (Å²) in [7, 11) is 0. The number of amides is 3. The molecule has 0 aromatic heterocycles. The lowest BCUT2D eigenvalue weighted by Gasteiger charge is -2.29. The summed E-state index contributed by atoms with van der Waals surface area (Å²) in [6, 6.07) is 24.2. The summed E-state index contributed by atoms with van der Waals surface area (Å²) in [4.78, 5) is 68.4. The van der Waals surface area contributed by atoms with E-state index >= 15 is 0 Å². The van der Waals surface area contributed by atoms with Crippen LogP contribution in [0, 0.1) is 5.92 Å². The van der Waals surface area contributed by atoms with E-state index in [1.165, 1.54) is 11.0 Å². The van der Waals surface area contributed by atoms with Crippen molar-refractivity contribution in [3.8, 4) is 0 Å². The summed E-state index contributed by atoms with van der Waals surface area (Å²) >= 11 is 0. The molecule has 51 heavy (non-hydrogen) atoms. The zero-order valence-electron chi connectivity index (χ0n) is 28.6. The van der Waals surface area contributed by atoms with Crippen molar-refractivity contribution in [2.24, 2.45) is 5.92 Å². The van der Waals surface area contributed by atoms with E-state index in [9.17, 15) is 24.0 Å². The smallest absolute Gasteiger partial charge is 0.408 e. The zero-order valence-corrected chi connectivity index (χ0v) is 28.6. The summed E-state index contributed by atoms with van der Waals surface area (Å²) in [5.41, 5.74) is 2.33. The van der Waals surface area contributed by atoms with Crippen LogP contribution in [0.1, 0.15) is 48.8 Å². The Kier molecular flexibility index (Phi) is 15.0. The minimum absolute atomic E-state index is 0.0187. The fourth-order valence-corrected chi connectivity index (χ4v) is 5.73. The van der Waals surface area contributed by atoms with Gasteiger partial charge in [0.1, 0.15) is 37.9 Å². The van der Waals surface area contributed by atoms with Gasteiger partial charge in [0.25, 0.3) is 0 Å². The number of nitrogens with zero attached hydrogens (tertiary/aromatic N) is 1. The quantitative estimate of drug-likeness (QED) is 0.102. The molecule has 1 heterocycles. The molecule has 0 saturated carbocycles. The highest BCUT2D eigenvalue weighted by molar-refractivity contribution is 5.93. The Bertz CT molecular complexity index is 1620. The second kappa shape index (κ2) is 20.1. The normalized spacial score (nSPS) is 15.4. The average Bonchev–Trinajstić information content (AvgIpc) is 3.66. The number of alkyl carbamates (subject to hydrolysis) is 1. The van der Waals surface area contributed by atoms with Gasteiger partial charge in [0.15, 0.2) is 0 Å². The summed E-state index contributed by atoms with van der Waals surface area (Å²) in [5.74, 6) is -3.17. The van der Waals surface area contributed by atoms with Crippen molar-refractivity contribution < 1.29 is 38.2 Å². The molecule has 0 unspecified atom stereocenters. The van der Waals surface area contributed by atoms with E-state index < -0.39 is 53.9 Å². The van der Waals surface area contributed by atoms with Gasteiger partial charge in [-0.1, -0.05) is 103 Å². The molecule has 0 spiro atoms. The molecule has 268 valence electrons. The predicted molar refractivity (Wildman–Crippen MR) is 190 cm³/mol. The second-order valence-corrected chi connectivity index (χ2v) is 12.2. The van der Waals surface area contributed by atoms with Gasteiger partial charge < -0.3 is 29.7 Å². The molecule has 11 nitrogen and oxygen atoms in total. The van der Waals surface area contributed by atoms with E-state index in [1.54, 1.807) is 18.2 Å². The van der Waals surface area contributed by atoms with Crippen molar-refractivity contribution >= 4 is 29.8 Å². The Labute approximate surface area is 298 Å². The van der Waals surface area contributed by atoms with Crippen LogP contribution < -0.4 is 10.6 Å². The first-order valence-electron chi connectivity index (χ1n) is 17.0. The Morgan fingerprint density at radius 3 is 1.73 bits per heavy atom.